The van der Waals surface area contributed by atoms with E-state index in [2.05, 4.69) is 6.92 Å². The third kappa shape index (κ3) is 2.13. The maximum Gasteiger partial charge on any atom is 0.179 e. The van der Waals surface area contributed by atoms with Crippen molar-refractivity contribution >= 4 is 11.6 Å². The summed E-state index contributed by atoms with van der Waals surface area (Å²) in [7, 11) is 0. The molecule has 2 N–H and O–H groups in total. The quantitative estimate of drug-likeness (QED) is 0.716. The van der Waals surface area contributed by atoms with Gasteiger partial charge in [0.05, 0.1) is 6.42 Å². The molecule has 0 aliphatic heterocycles. The van der Waals surface area contributed by atoms with Crippen LogP contribution in [0.1, 0.15) is 65.7 Å². The van der Waals surface area contributed by atoms with E-state index in [4.69, 9.17) is 0 Å². The fourth-order valence-corrected chi connectivity index (χ4v) is 7.34. The molecule has 3 fully saturated rings. The number of aliphatic hydroxyl groups is 2. The molecule has 0 aromatic carbocycles. The van der Waals surface area contributed by atoms with E-state index in [9.17, 15) is 19.8 Å². The molecule has 0 bridgehead atoms. The number of hydrogen-bond donors (Lipinski definition) is 2. The van der Waals surface area contributed by atoms with Gasteiger partial charge in [-0.1, -0.05) is 19.4 Å². The van der Waals surface area contributed by atoms with Crippen molar-refractivity contribution in [2.45, 2.75) is 71.5 Å². The Bertz CT molecular complexity index is 663. The Labute approximate surface area is 149 Å². The van der Waals surface area contributed by atoms with Crippen molar-refractivity contribution in [3.63, 3.8) is 0 Å². The maximum atomic E-state index is 12.2. The molecule has 0 heterocycles. The van der Waals surface area contributed by atoms with Gasteiger partial charge in [0.2, 0.25) is 0 Å². The van der Waals surface area contributed by atoms with Crippen LogP contribution in [0.25, 0.3) is 0 Å². The Morgan fingerprint density at radius 2 is 1.84 bits per heavy atom. The summed E-state index contributed by atoms with van der Waals surface area (Å²) in [5.41, 5.74) is 0.252. The minimum absolute atomic E-state index is 0.0582. The van der Waals surface area contributed by atoms with Crippen molar-refractivity contribution in [1.29, 1.82) is 0 Å². The van der Waals surface area contributed by atoms with E-state index in [1.165, 1.54) is 0 Å². The zero-order valence-electron chi connectivity index (χ0n) is 15.5. The number of rotatable bonds is 1. The Morgan fingerprint density at radius 3 is 2.52 bits per heavy atom. The molecule has 4 aliphatic rings. The zero-order valence-corrected chi connectivity index (χ0v) is 15.5. The lowest BCUT2D eigenvalue weighted by Crippen LogP contribution is -2.61. The van der Waals surface area contributed by atoms with Gasteiger partial charge >= 0.3 is 0 Å². The molecule has 6 atom stereocenters. The first-order valence-electron chi connectivity index (χ1n) is 9.80. The summed E-state index contributed by atoms with van der Waals surface area (Å²) in [5.74, 6) is -0.584. The van der Waals surface area contributed by atoms with Gasteiger partial charge in [-0.15, -0.1) is 0 Å². The van der Waals surface area contributed by atoms with Crippen LogP contribution in [-0.2, 0) is 9.59 Å². The monoisotopic (exact) mass is 346 g/mol. The molecular weight excluding hydrogens is 316 g/mol. The fraction of sp³-hybridized carbons (Fsp3) is 0.810. The molecular formula is C21H30O4. The maximum absolute atomic E-state index is 12.2. The summed E-state index contributed by atoms with van der Waals surface area (Å²) in [6.07, 6.45) is 7.17. The first kappa shape index (κ1) is 17.4. The summed E-state index contributed by atoms with van der Waals surface area (Å²) in [4.78, 5) is 24.1. The van der Waals surface area contributed by atoms with Crippen molar-refractivity contribution in [1.82, 2.24) is 0 Å². The minimum Gasteiger partial charge on any atom is -0.365 e. The third-order valence-corrected chi connectivity index (χ3v) is 8.67. The van der Waals surface area contributed by atoms with Crippen molar-refractivity contribution < 1.29 is 19.8 Å². The van der Waals surface area contributed by atoms with Crippen LogP contribution in [0.4, 0.5) is 0 Å². The van der Waals surface area contributed by atoms with Gasteiger partial charge in [-0.3, -0.25) is 9.59 Å². The molecule has 4 rings (SSSR count). The minimum atomic E-state index is -1.95. The van der Waals surface area contributed by atoms with Gasteiger partial charge in [-0.2, -0.15) is 0 Å². The highest BCUT2D eigenvalue weighted by molar-refractivity contribution is 5.92. The standard InChI is InChI=1S/C21H30O4/c1-12(22)16-6-7-17-15-5-4-13-10-14(23)11-21(24,25)20(13,3)18(15)8-9-19(16,17)2/h10,15-18,24-25H,4-9,11H2,1-3H3/t15-,16-,17-,18+,19+,20+/m0/s1. The van der Waals surface area contributed by atoms with E-state index in [1.807, 2.05) is 6.92 Å². The number of ketones is 2. The van der Waals surface area contributed by atoms with E-state index in [-0.39, 0.29) is 29.5 Å². The number of fused-ring (bicyclic) bond motifs is 5. The van der Waals surface area contributed by atoms with E-state index >= 15 is 0 Å². The van der Waals surface area contributed by atoms with Gasteiger partial charge in [0.25, 0.3) is 0 Å². The summed E-state index contributed by atoms with van der Waals surface area (Å²) < 4.78 is 0. The molecule has 0 radical (unpaired) electrons. The molecule has 138 valence electrons. The van der Waals surface area contributed by atoms with Gasteiger partial charge in [-0.05, 0) is 74.7 Å². The van der Waals surface area contributed by atoms with Crippen LogP contribution < -0.4 is 0 Å². The first-order chi connectivity index (χ1) is 11.6. The van der Waals surface area contributed by atoms with Crippen LogP contribution in [0, 0.1) is 34.5 Å². The molecule has 0 spiro atoms. The van der Waals surface area contributed by atoms with Gasteiger partial charge in [-0.25, -0.2) is 0 Å². The van der Waals surface area contributed by atoms with Crippen LogP contribution in [0.2, 0.25) is 0 Å². The number of carbonyl (C=O) groups excluding carboxylic acids is 2. The summed E-state index contributed by atoms with van der Waals surface area (Å²) in [6, 6.07) is 0. The topological polar surface area (TPSA) is 74.6 Å². The Balaban J connectivity index is 1.73. The van der Waals surface area contributed by atoms with Crippen LogP contribution in [0.3, 0.4) is 0 Å². The fourth-order valence-electron chi connectivity index (χ4n) is 7.34. The Kier molecular flexibility index (Phi) is 3.66. The molecule has 0 aromatic rings. The second-order valence-corrected chi connectivity index (χ2v) is 9.53. The SMILES string of the molecule is CC(=O)[C@@H]1CC[C@H]2[C@@H]3CCC4=CC(=O)CC(O)(O)[C@@]4(C)[C@@H]3CC[C@]12C. The number of Topliss-reactive ketones (excluding diaryl/α,β-unsaturated/α-hetero) is 1. The van der Waals surface area contributed by atoms with Gasteiger partial charge in [0, 0.05) is 11.3 Å². The van der Waals surface area contributed by atoms with Gasteiger partial charge < -0.3 is 10.2 Å². The normalized spacial score (nSPS) is 48.2. The molecule has 4 heteroatoms. The molecule has 0 amide bonds. The van der Waals surface area contributed by atoms with E-state index in [0.29, 0.717) is 17.6 Å². The van der Waals surface area contributed by atoms with Gasteiger partial charge in [0.1, 0.15) is 5.78 Å². The zero-order chi connectivity index (χ0) is 18.2. The van der Waals surface area contributed by atoms with Crippen LogP contribution in [0.15, 0.2) is 11.6 Å². The molecule has 3 saturated carbocycles. The average molecular weight is 346 g/mol. The van der Waals surface area contributed by atoms with Gasteiger partial charge in [0.15, 0.2) is 11.6 Å². The smallest absolute Gasteiger partial charge is 0.179 e. The van der Waals surface area contributed by atoms with E-state index in [1.54, 1.807) is 13.0 Å². The summed E-state index contributed by atoms with van der Waals surface area (Å²) in [5, 5.41) is 21.6. The average Bonchev–Trinajstić information content (AvgIpc) is 2.85. The van der Waals surface area contributed by atoms with Crippen molar-refractivity contribution in [3.8, 4) is 0 Å². The largest absolute Gasteiger partial charge is 0.365 e. The highest BCUT2D eigenvalue weighted by Crippen LogP contribution is 2.67. The highest BCUT2D eigenvalue weighted by atomic mass is 16.5. The highest BCUT2D eigenvalue weighted by Gasteiger charge is 2.64. The van der Waals surface area contributed by atoms with Crippen molar-refractivity contribution in [2.75, 3.05) is 0 Å². The lowest BCUT2D eigenvalue weighted by atomic mass is 9.45. The lowest BCUT2D eigenvalue weighted by molar-refractivity contribution is -0.263. The first-order valence-corrected chi connectivity index (χ1v) is 9.80. The van der Waals surface area contributed by atoms with E-state index in [0.717, 1.165) is 44.1 Å². The molecule has 0 saturated heterocycles. The summed E-state index contributed by atoms with van der Waals surface area (Å²) in [6.45, 7) is 5.98. The van der Waals surface area contributed by atoms with Crippen LogP contribution in [-0.4, -0.2) is 27.6 Å². The Hall–Kier alpha value is -1.00. The van der Waals surface area contributed by atoms with Crippen molar-refractivity contribution in [2.24, 2.45) is 34.5 Å². The summed E-state index contributed by atoms with van der Waals surface area (Å²) >= 11 is 0. The number of carbonyl (C=O) groups is 2. The predicted octanol–water partition coefficient (Wildman–Crippen LogP) is 3.01. The second-order valence-electron chi connectivity index (χ2n) is 9.53. The predicted molar refractivity (Wildman–Crippen MR) is 93.4 cm³/mol. The molecule has 4 aliphatic carbocycles. The molecule has 0 aromatic heterocycles. The van der Waals surface area contributed by atoms with E-state index < -0.39 is 11.2 Å². The second kappa shape index (κ2) is 5.26. The Morgan fingerprint density at radius 1 is 1.12 bits per heavy atom. The molecule has 25 heavy (non-hydrogen) atoms. The lowest BCUT2D eigenvalue weighted by Gasteiger charge is -2.60. The van der Waals surface area contributed by atoms with Crippen LogP contribution in [0.5, 0.6) is 0 Å². The number of hydrogen-bond acceptors (Lipinski definition) is 4. The molecule has 0 unspecified atom stereocenters. The van der Waals surface area contributed by atoms with Crippen molar-refractivity contribution in [3.05, 3.63) is 11.6 Å². The molecule has 4 nitrogen and oxygen atoms in total. The third-order valence-electron chi connectivity index (χ3n) is 8.67. The van der Waals surface area contributed by atoms with Crippen LogP contribution >= 0.6 is 0 Å².